The van der Waals surface area contributed by atoms with E-state index in [4.69, 9.17) is 5.73 Å². The van der Waals surface area contributed by atoms with Gasteiger partial charge < -0.3 is 5.73 Å². The molecule has 2 N–H and O–H groups in total. The Morgan fingerprint density at radius 3 is 2.94 bits per heavy atom. The third-order valence-corrected chi connectivity index (χ3v) is 2.85. The van der Waals surface area contributed by atoms with Gasteiger partial charge >= 0.3 is 0 Å². The van der Waals surface area contributed by atoms with Gasteiger partial charge in [0.1, 0.15) is 5.69 Å². The zero-order chi connectivity index (χ0) is 13.0. The first-order valence-corrected chi connectivity index (χ1v) is 6.09. The minimum Gasteiger partial charge on any atom is -0.330 e. The maximum absolute atomic E-state index is 13.9. The molecule has 0 fully saturated rings. The molecule has 0 unspecified atom stereocenters. The summed E-state index contributed by atoms with van der Waals surface area (Å²) in [6, 6.07) is 5.24. The summed E-state index contributed by atoms with van der Waals surface area (Å²) in [5, 5.41) is 8.00. The predicted octanol–water partition coefficient (Wildman–Crippen LogP) is 2.00. The normalized spacial score (nSPS) is 10.8. The summed E-state index contributed by atoms with van der Waals surface area (Å²) in [7, 11) is 0. The van der Waals surface area contributed by atoms with Gasteiger partial charge in [0, 0.05) is 0 Å². The Labute approximate surface area is 106 Å². The van der Waals surface area contributed by atoms with Crippen molar-refractivity contribution in [3.05, 3.63) is 41.5 Å². The van der Waals surface area contributed by atoms with Gasteiger partial charge in [-0.3, -0.25) is 0 Å². The largest absolute Gasteiger partial charge is 0.330 e. The van der Waals surface area contributed by atoms with E-state index in [2.05, 4.69) is 10.3 Å². The topological polar surface area (TPSA) is 56.7 Å². The van der Waals surface area contributed by atoms with Crippen molar-refractivity contribution in [3.63, 3.8) is 0 Å². The zero-order valence-corrected chi connectivity index (χ0v) is 10.4. The molecule has 1 heterocycles. The summed E-state index contributed by atoms with van der Waals surface area (Å²) in [5.41, 5.74) is 7.34. The highest BCUT2D eigenvalue weighted by atomic mass is 19.1. The molecule has 4 nitrogen and oxygen atoms in total. The molecule has 18 heavy (non-hydrogen) atoms. The predicted molar refractivity (Wildman–Crippen MR) is 68.0 cm³/mol. The molecule has 0 aliphatic rings. The summed E-state index contributed by atoms with van der Waals surface area (Å²) in [6.45, 7) is 2.42. The van der Waals surface area contributed by atoms with Gasteiger partial charge in [0.2, 0.25) is 0 Å². The van der Waals surface area contributed by atoms with Crippen molar-refractivity contribution in [2.75, 3.05) is 6.54 Å². The van der Waals surface area contributed by atoms with Crippen molar-refractivity contribution in [2.24, 2.45) is 5.73 Å². The van der Waals surface area contributed by atoms with Crippen LogP contribution in [0.5, 0.6) is 0 Å². The first kappa shape index (κ1) is 12.7. The molecule has 1 aromatic carbocycles. The average molecular weight is 248 g/mol. The van der Waals surface area contributed by atoms with Crippen LogP contribution in [-0.4, -0.2) is 21.5 Å². The maximum atomic E-state index is 13.9. The summed E-state index contributed by atoms with van der Waals surface area (Å²) >= 11 is 0. The van der Waals surface area contributed by atoms with Crippen LogP contribution in [0.3, 0.4) is 0 Å². The Hall–Kier alpha value is -1.75. The molecule has 2 rings (SSSR count). The van der Waals surface area contributed by atoms with Crippen molar-refractivity contribution in [1.82, 2.24) is 15.0 Å². The number of halogens is 1. The number of unbranched alkanes of at least 4 members (excludes halogenated alkanes) is 1. The number of aryl methyl sites for hydroxylation is 2. The van der Waals surface area contributed by atoms with Crippen LogP contribution in [0.1, 0.15) is 24.1 Å². The monoisotopic (exact) mass is 248 g/mol. The highest BCUT2D eigenvalue weighted by Crippen LogP contribution is 2.16. The van der Waals surface area contributed by atoms with Crippen LogP contribution >= 0.6 is 0 Å². The lowest BCUT2D eigenvalue weighted by Crippen LogP contribution is -2.00. The molecular formula is C13H17FN4. The lowest BCUT2D eigenvalue weighted by atomic mass is 10.2. The minimum absolute atomic E-state index is 0.254. The smallest absolute Gasteiger partial charge is 0.151 e. The number of nitrogens with two attached hydrogens (primary N) is 1. The Bertz CT molecular complexity index is 521. The summed E-state index contributed by atoms with van der Waals surface area (Å²) < 4.78 is 15.4. The van der Waals surface area contributed by atoms with Crippen LogP contribution in [0.4, 0.5) is 4.39 Å². The number of nitrogens with zero attached hydrogens (tertiary/aromatic N) is 3. The van der Waals surface area contributed by atoms with Crippen molar-refractivity contribution in [2.45, 2.75) is 26.2 Å². The Kier molecular flexibility index (Phi) is 4.04. The van der Waals surface area contributed by atoms with E-state index in [0.29, 0.717) is 17.8 Å². The van der Waals surface area contributed by atoms with E-state index in [9.17, 15) is 4.39 Å². The molecule has 5 heteroatoms. The number of aromatic nitrogens is 3. The second-order valence-corrected chi connectivity index (χ2v) is 4.31. The van der Waals surface area contributed by atoms with Crippen LogP contribution in [0.15, 0.2) is 24.4 Å². The first-order valence-electron chi connectivity index (χ1n) is 6.09. The van der Waals surface area contributed by atoms with Crippen LogP contribution < -0.4 is 5.73 Å². The molecule has 96 valence electrons. The molecule has 1 aromatic heterocycles. The molecule has 0 radical (unpaired) electrons. The fraction of sp³-hybridized carbons (Fsp3) is 0.385. The standard InChI is InChI=1S/C13H17FN4/c1-10-5-4-7-12(13(10)14)18-9-11(16-17-18)6-2-3-8-15/h4-5,7,9H,2-3,6,8,15H2,1H3. The van der Waals surface area contributed by atoms with Gasteiger partial charge in [-0.15, -0.1) is 5.10 Å². The quantitative estimate of drug-likeness (QED) is 0.823. The van der Waals surface area contributed by atoms with E-state index in [0.717, 1.165) is 25.0 Å². The van der Waals surface area contributed by atoms with E-state index in [-0.39, 0.29) is 5.82 Å². The third kappa shape index (κ3) is 2.73. The Morgan fingerprint density at radius 1 is 1.33 bits per heavy atom. The second-order valence-electron chi connectivity index (χ2n) is 4.31. The fourth-order valence-electron chi connectivity index (χ4n) is 1.79. The van der Waals surface area contributed by atoms with Crippen molar-refractivity contribution < 1.29 is 4.39 Å². The van der Waals surface area contributed by atoms with Gasteiger partial charge in [0.15, 0.2) is 5.82 Å². The summed E-state index contributed by atoms with van der Waals surface area (Å²) in [4.78, 5) is 0. The van der Waals surface area contributed by atoms with Gasteiger partial charge in [-0.05, 0) is 44.4 Å². The highest BCUT2D eigenvalue weighted by molar-refractivity contribution is 5.36. The molecule has 0 atom stereocenters. The third-order valence-electron chi connectivity index (χ3n) is 2.85. The summed E-state index contributed by atoms with van der Waals surface area (Å²) in [6.07, 6.45) is 4.54. The van der Waals surface area contributed by atoms with Gasteiger partial charge in [-0.2, -0.15) is 0 Å². The van der Waals surface area contributed by atoms with Crippen molar-refractivity contribution >= 4 is 0 Å². The number of hydrogen-bond donors (Lipinski definition) is 1. The van der Waals surface area contributed by atoms with Crippen LogP contribution in [0, 0.1) is 12.7 Å². The summed E-state index contributed by atoms with van der Waals surface area (Å²) in [5.74, 6) is -0.254. The zero-order valence-electron chi connectivity index (χ0n) is 10.4. The maximum Gasteiger partial charge on any atom is 0.151 e. The van der Waals surface area contributed by atoms with Crippen molar-refractivity contribution in [1.29, 1.82) is 0 Å². The molecule has 0 saturated heterocycles. The highest BCUT2D eigenvalue weighted by Gasteiger charge is 2.09. The van der Waals surface area contributed by atoms with Crippen molar-refractivity contribution in [3.8, 4) is 5.69 Å². The van der Waals surface area contributed by atoms with Gasteiger partial charge in [-0.1, -0.05) is 17.3 Å². The first-order chi connectivity index (χ1) is 8.72. The average Bonchev–Trinajstić information content (AvgIpc) is 2.82. The minimum atomic E-state index is -0.254. The molecule has 0 aliphatic heterocycles. The molecule has 0 bridgehead atoms. The van der Waals surface area contributed by atoms with E-state index in [1.807, 2.05) is 6.07 Å². The van der Waals surface area contributed by atoms with E-state index in [1.165, 1.54) is 4.68 Å². The Balaban J connectivity index is 2.16. The lowest BCUT2D eigenvalue weighted by Gasteiger charge is -2.03. The van der Waals surface area contributed by atoms with Gasteiger partial charge in [0.25, 0.3) is 0 Å². The number of benzene rings is 1. The van der Waals surface area contributed by atoms with Crippen LogP contribution in [0.2, 0.25) is 0 Å². The lowest BCUT2D eigenvalue weighted by molar-refractivity contribution is 0.598. The van der Waals surface area contributed by atoms with Crippen LogP contribution in [-0.2, 0) is 6.42 Å². The Morgan fingerprint density at radius 2 is 2.17 bits per heavy atom. The molecule has 0 aliphatic carbocycles. The molecule has 0 amide bonds. The van der Waals surface area contributed by atoms with Crippen LogP contribution in [0.25, 0.3) is 5.69 Å². The van der Waals surface area contributed by atoms with Gasteiger partial charge in [0.05, 0.1) is 11.9 Å². The number of hydrogen-bond acceptors (Lipinski definition) is 3. The SMILES string of the molecule is Cc1cccc(-n2cc(CCCCN)nn2)c1F. The molecular weight excluding hydrogens is 231 g/mol. The second kappa shape index (κ2) is 5.73. The molecule has 0 spiro atoms. The molecule has 0 saturated carbocycles. The molecule has 2 aromatic rings. The van der Waals surface area contributed by atoms with E-state index >= 15 is 0 Å². The van der Waals surface area contributed by atoms with E-state index < -0.39 is 0 Å². The number of rotatable bonds is 5. The van der Waals surface area contributed by atoms with Gasteiger partial charge in [-0.25, -0.2) is 9.07 Å². The fourth-order valence-corrected chi connectivity index (χ4v) is 1.79. The van der Waals surface area contributed by atoms with E-state index in [1.54, 1.807) is 25.3 Å².